The maximum atomic E-state index is 5.87. The minimum atomic E-state index is 0.424. The van der Waals surface area contributed by atoms with E-state index in [1.54, 1.807) is 0 Å². The van der Waals surface area contributed by atoms with Gasteiger partial charge >= 0.3 is 0 Å². The fourth-order valence-electron chi connectivity index (χ4n) is 3.01. The lowest BCUT2D eigenvalue weighted by molar-refractivity contribution is -0.0915. The maximum absolute atomic E-state index is 5.87. The normalized spacial score (nSPS) is 28.9. The Morgan fingerprint density at radius 3 is 3.00 bits per heavy atom. The van der Waals surface area contributed by atoms with Crippen LogP contribution >= 0.6 is 11.6 Å². The van der Waals surface area contributed by atoms with E-state index >= 15 is 0 Å². The highest BCUT2D eigenvalue weighted by Crippen LogP contribution is 2.29. The van der Waals surface area contributed by atoms with Crippen LogP contribution in [0.1, 0.15) is 31.4 Å². The number of nitrogens with zero attached hydrogens (tertiary/aromatic N) is 3. The van der Waals surface area contributed by atoms with Gasteiger partial charge in [0, 0.05) is 19.1 Å². The molecule has 18 heavy (non-hydrogen) atoms. The molecule has 0 amide bonds. The van der Waals surface area contributed by atoms with Gasteiger partial charge in [0.1, 0.15) is 0 Å². The summed E-state index contributed by atoms with van der Waals surface area (Å²) in [4.78, 5) is 2.49. The van der Waals surface area contributed by atoms with E-state index in [-0.39, 0.29) is 0 Å². The zero-order valence-electron chi connectivity index (χ0n) is 10.4. The average Bonchev–Trinajstić information content (AvgIpc) is 2.42. The van der Waals surface area contributed by atoms with Gasteiger partial charge in [0.25, 0.3) is 0 Å². The van der Waals surface area contributed by atoms with Crippen molar-refractivity contribution in [2.75, 3.05) is 13.2 Å². The summed E-state index contributed by atoms with van der Waals surface area (Å²) in [5.74, 6) is 0. The van der Waals surface area contributed by atoms with Crippen molar-refractivity contribution in [1.82, 2.24) is 15.1 Å². The van der Waals surface area contributed by atoms with E-state index < -0.39 is 0 Å². The zero-order valence-corrected chi connectivity index (χ0v) is 11.1. The number of ether oxygens (including phenoxy) is 1. The van der Waals surface area contributed by atoms with E-state index in [1.807, 2.05) is 12.1 Å². The molecular weight excluding hydrogens is 250 g/mol. The third-order valence-electron chi connectivity index (χ3n) is 3.90. The van der Waals surface area contributed by atoms with Gasteiger partial charge in [0.05, 0.1) is 18.4 Å². The molecule has 2 atom stereocenters. The van der Waals surface area contributed by atoms with E-state index in [2.05, 4.69) is 15.1 Å². The quantitative estimate of drug-likeness (QED) is 0.824. The number of morpholine rings is 1. The van der Waals surface area contributed by atoms with Gasteiger partial charge in [-0.3, -0.25) is 4.90 Å². The first-order valence-corrected chi connectivity index (χ1v) is 7.04. The molecule has 98 valence electrons. The molecule has 1 aliphatic heterocycles. The molecule has 0 aromatic carbocycles. The molecule has 2 fully saturated rings. The summed E-state index contributed by atoms with van der Waals surface area (Å²) in [5, 5.41) is 8.51. The van der Waals surface area contributed by atoms with Crippen LogP contribution in [0.4, 0.5) is 0 Å². The molecule has 0 spiro atoms. The molecule has 1 saturated carbocycles. The van der Waals surface area contributed by atoms with Crippen molar-refractivity contribution >= 4 is 11.6 Å². The number of hydrogen-bond donors (Lipinski definition) is 0. The van der Waals surface area contributed by atoms with E-state index in [4.69, 9.17) is 16.3 Å². The van der Waals surface area contributed by atoms with Crippen LogP contribution in [0, 0.1) is 0 Å². The first-order valence-electron chi connectivity index (χ1n) is 6.67. The Hall–Kier alpha value is -0.710. The van der Waals surface area contributed by atoms with Crippen molar-refractivity contribution in [3.63, 3.8) is 0 Å². The maximum Gasteiger partial charge on any atom is 0.151 e. The Bertz CT molecular complexity index is 396. The molecule has 0 radical (unpaired) electrons. The van der Waals surface area contributed by atoms with Crippen LogP contribution in [-0.2, 0) is 11.3 Å². The largest absolute Gasteiger partial charge is 0.375 e. The minimum absolute atomic E-state index is 0.424. The molecule has 1 aliphatic carbocycles. The Balaban J connectivity index is 1.69. The Labute approximate surface area is 112 Å². The standard InChI is InChI=1S/C13H18ClN3O/c14-13-6-5-10(15-16-13)9-17-7-8-18-12-4-2-1-3-11(12)17/h5-6,11-12H,1-4,7-9H2. The van der Waals surface area contributed by atoms with Crippen molar-refractivity contribution in [3.8, 4) is 0 Å². The lowest BCUT2D eigenvalue weighted by Crippen LogP contribution is -2.52. The van der Waals surface area contributed by atoms with Crippen LogP contribution in [0.15, 0.2) is 12.1 Å². The molecule has 1 aromatic heterocycles. The number of rotatable bonds is 2. The number of aromatic nitrogens is 2. The van der Waals surface area contributed by atoms with Crippen molar-refractivity contribution in [1.29, 1.82) is 0 Å². The van der Waals surface area contributed by atoms with Crippen molar-refractivity contribution in [2.45, 2.75) is 44.4 Å². The van der Waals surface area contributed by atoms with Crippen molar-refractivity contribution in [3.05, 3.63) is 23.0 Å². The van der Waals surface area contributed by atoms with Crippen LogP contribution in [0.5, 0.6) is 0 Å². The Kier molecular flexibility index (Phi) is 3.77. The topological polar surface area (TPSA) is 38.2 Å². The first-order chi connectivity index (χ1) is 8.83. The second-order valence-corrected chi connectivity index (χ2v) is 5.47. The molecular formula is C13H18ClN3O. The summed E-state index contributed by atoms with van der Waals surface area (Å²) >= 11 is 5.76. The minimum Gasteiger partial charge on any atom is -0.375 e. The second kappa shape index (κ2) is 5.51. The molecule has 3 rings (SSSR count). The number of hydrogen-bond acceptors (Lipinski definition) is 4. The first kappa shape index (κ1) is 12.3. The summed E-state index contributed by atoms with van der Waals surface area (Å²) in [6.07, 6.45) is 5.48. The summed E-state index contributed by atoms with van der Waals surface area (Å²) in [7, 11) is 0. The summed E-state index contributed by atoms with van der Waals surface area (Å²) in [6.45, 7) is 2.68. The SMILES string of the molecule is Clc1ccc(CN2CCOC3CCCCC32)nn1. The summed E-state index contributed by atoms with van der Waals surface area (Å²) in [5.41, 5.74) is 0.991. The molecule has 1 aromatic rings. The third kappa shape index (κ3) is 2.66. The van der Waals surface area contributed by atoms with Gasteiger partial charge in [-0.2, -0.15) is 5.10 Å². The highest BCUT2D eigenvalue weighted by molar-refractivity contribution is 6.29. The van der Waals surface area contributed by atoms with Gasteiger partial charge in [-0.05, 0) is 25.0 Å². The zero-order chi connectivity index (χ0) is 12.4. The van der Waals surface area contributed by atoms with Gasteiger partial charge in [-0.25, -0.2) is 0 Å². The molecule has 0 bridgehead atoms. The monoisotopic (exact) mass is 267 g/mol. The molecule has 2 aliphatic rings. The average molecular weight is 268 g/mol. The second-order valence-electron chi connectivity index (χ2n) is 5.08. The van der Waals surface area contributed by atoms with Gasteiger partial charge in [-0.15, -0.1) is 5.10 Å². The highest BCUT2D eigenvalue weighted by atomic mass is 35.5. The van der Waals surface area contributed by atoms with E-state index in [0.717, 1.165) is 25.4 Å². The predicted molar refractivity (Wildman–Crippen MR) is 69.4 cm³/mol. The Morgan fingerprint density at radius 1 is 1.28 bits per heavy atom. The van der Waals surface area contributed by atoms with E-state index in [0.29, 0.717) is 17.3 Å². The van der Waals surface area contributed by atoms with Gasteiger partial charge in [0.2, 0.25) is 0 Å². The van der Waals surface area contributed by atoms with Crippen LogP contribution in [0.2, 0.25) is 5.15 Å². The van der Waals surface area contributed by atoms with Crippen LogP contribution < -0.4 is 0 Å². The third-order valence-corrected chi connectivity index (χ3v) is 4.10. The molecule has 0 N–H and O–H groups in total. The molecule has 2 unspecified atom stereocenters. The lowest BCUT2D eigenvalue weighted by Gasteiger charge is -2.43. The van der Waals surface area contributed by atoms with Crippen molar-refractivity contribution in [2.24, 2.45) is 0 Å². The molecule has 2 heterocycles. The van der Waals surface area contributed by atoms with Gasteiger partial charge in [0.15, 0.2) is 5.15 Å². The smallest absolute Gasteiger partial charge is 0.151 e. The van der Waals surface area contributed by atoms with Crippen LogP contribution in [0.3, 0.4) is 0 Å². The lowest BCUT2D eigenvalue weighted by atomic mass is 9.90. The highest BCUT2D eigenvalue weighted by Gasteiger charge is 2.34. The number of fused-ring (bicyclic) bond motifs is 1. The summed E-state index contributed by atoms with van der Waals surface area (Å²) in [6, 6.07) is 4.33. The van der Waals surface area contributed by atoms with Crippen molar-refractivity contribution < 1.29 is 4.74 Å². The molecule has 4 nitrogen and oxygen atoms in total. The fourth-order valence-corrected chi connectivity index (χ4v) is 3.11. The van der Waals surface area contributed by atoms with E-state index in [9.17, 15) is 0 Å². The molecule has 5 heteroatoms. The fraction of sp³-hybridized carbons (Fsp3) is 0.692. The van der Waals surface area contributed by atoms with Gasteiger partial charge in [-0.1, -0.05) is 24.4 Å². The van der Waals surface area contributed by atoms with Crippen LogP contribution in [-0.4, -0.2) is 40.4 Å². The molecule has 1 saturated heterocycles. The predicted octanol–water partition coefficient (Wildman–Crippen LogP) is 2.27. The van der Waals surface area contributed by atoms with E-state index in [1.165, 1.54) is 25.7 Å². The van der Waals surface area contributed by atoms with Crippen LogP contribution in [0.25, 0.3) is 0 Å². The summed E-state index contributed by atoms with van der Waals surface area (Å²) < 4.78 is 5.87. The number of halogens is 1. The van der Waals surface area contributed by atoms with Gasteiger partial charge < -0.3 is 4.74 Å². The Morgan fingerprint density at radius 2 is 2.17 bits per heavy atom.